The molecule has 3 nitrogen and oxygen atoms in total. The van der Waals surface area contributed by atoms with Gasteiger partial charge in [-0.15, -0.1) is 11.8 Å². The van der Waals surface area contributed by atoms with Gasteiger partial charge >= 0.3 is 0 Å². The summed E-state index contributed by atoms with van der Waals surface area (Å²) >= 11 is 1.77. The van der Waals surface area contributed by atoms with E-state index in [0.29, 0.717) is 17.9 Å². The van der Waals surface area contributed by atoms with E-state index in [2.05, 4.69) is 60.1 Å². The van der Waals surface area contributed by atoms with Crippen molar-refractivity contribution in [2.24, 2.45) is 5.92 Å². The fourth-order valence-corrected chi connectivity index (χ4v) is 4.52. The van der Waals surface area contributed by atoms with Crippen molar-refractivity contribution < 1.29 is 4.79 Å². The van der Waals surface area contributed by atoms with Crippen molar-refractivity contribution >= 4 is 29.0 Å². The van der Waals surface area contributed by atoms with Crippen LogP contribution in [0.1, 0.15) is 36.4 Å². The van der Waals surface area contributed by atoms with E-state index in [9.17, 15) is 4.79 Å². The Balaban J connectivity index is 1.70. The van der Waals surface area contributed by atoms with Crippen molar-refractivity contribution in [2.75, 3.05) is 23.5 Å². The van der Waals surface area contributed by atoms with Crippen molar-refractivity contribution in [1.29, 1.82) is 0 Å². The largest absolute Gasteiger partial charge is 0.378 e. The zero-order valence-electron chi connectivity index (χ0n) is 15.4. The molecule has 0 bridgehead atoms. The highest BCUT2D eigenvalue weighted by Gasteiger charge is 2.38. The first kappa shape index (κ1) is 17.2. The summed E-state index contributed by atoms with van der Waals surface area (Å²) in [6, 6.07) is 15.6. The summed E-state index contributed by atoms with van der Waals surface area (Å²) < 4.78 is 0. The predicted molar refractivity (Wildman–Crippen MR) is 110 cm³/mol. The van der Waals surface area contributed by atoms with E-state index in [0.717, 1.165) is 12.1 Å². The van der Waals surface area contributed by atoms with Crippen LogP contribution < -0.4 is 10.2 Å². The van der Waals surface area contributed by atoms with Crippen molar-refractivity contribution in [3.63, 3.8) is 0 Å². The van der Waals surface area contributed by atoms with E-state index in [-0.39, 0.29) is 5.91 Å². The second kappa shape index (κ2) is 6.84. The number of allylic oxidation sites excluding steroid dienone is 2. The third kappa shape index (κ3) is 2.92. The molecule has 4 heteroatoms. The first-order valence-electron chi connectivity index (χ1n) is 9.04. The molecule has 2 aliphatic rings. The summed E-state index contributed by atoms with van der Waals surface area (Å²) in [6.45, 7) is 1.60. The average molecular weight is 365 g/mol. The molecule has 1 aliphatic carbocycles. The van der Waals surface area contributed by atoms with Gasteiger partial charge in [0.25, 0.3) is 0 Å². The van der Waals surface area contributed by atoms with Crippen LogP contribution in [0.15, 0.2) is 59.5 Å². The Morgan fingerprint density at radius 1 is 1.19 bits per heavy atom. The molecule has 2 aromatic carbocycles. The number of benzene rings is 2. The molecule has 1 N–H and O–H groups in total. The van der Waals surface area contributed by atoms with Crippen LogP contribution in [0.4, 0.5) is 11.4 Å². The Kier molecular flexibility index (Phi) is 4.53. The number of amides is 1. The molecule has 1 aliphatic heterocycles. The Hall–Kier alpha value is -2.20. The number of anilines is 2. The smallest absolute Gasteiger partial charge is 0.223 e. The number of nitrogens with one attached hydrogen (secondary N) is 1. The summed E-state index contributed by atoms with van der Waals surface area (Å²) in [7, 11) is 1.83. The summed E-state index contributed by atoms with van der Waals surface area (Å²) in [6.07, 6.45) is 7.83. The monoisotopic (exact) mass is 364 g/mol. The number of carbonyl (C=O) groups is 1. The normalized spacial score (nSPS) is 23.1. The van der Waals surface area contributed by atoms with Gasteiger partial charge < -0.3 is 10.2 Å². The number of rotatable bonds is 3. The number of hydrogen-bond acceptors (Lipinski definition) is 3. The molecule has 3 unspecified atom stereocenters. The second-order valence-electron chi connectivity index (χ2n) is 7.10. The van der Waals surface area contributed by atoms with E-state index >= 15 is 0 Å². The molecule has 0 spiro atoms. The minimum Gasteiger partial charge on any atom is -0.378 e. The van der Waals surface area contributed by atoms with Crippen molar-refractivity contribution in [1.82, 2.24) is 0 Å². The van der Waals surface area contributed by atoms with Gasteiger partial charge in [0.05, 0.1) is 6.04 Å². The summed E-state index contributed by atoms with van der Waals surface area (Å²) in [5.74, 6) is 0.969. The van der Waals surface area contributed by atoms with Crippen LogP contribution >= 0.6 is 11.8 Å². The molecule has 0 fully saturated rings. The molecule has 0 radical (unpaired) electrons. The van der Waals surface area contributed by atoms with Gasteiger partial charge in [-0.1, -0.05) is 24.3 Å². The molecule has 2 aromatic rings. The van der Waals surface area contributed by atoms with Gasteiger partial charge in [0.2, 0.25) is 5.91 Å². The number of thioether (sulfide) groups is 1. The van der Waals surface area contributed by atoms with Crippen LogP contribution in [0.2, 0.25) is 0 Å². The van der Waals surface area contributed by atoms with E-state index in [1.54, 1.807) is 23.6 Å². The van der Waals surface area contributed by atoms with Crippen LogP contribution in [-0.2, 0) is 4.79 Å². The first-order valence-corrected chi connectivity index (χ1v) is 10.3. The highest BCUT2D eigenvalue weighted by Crippen LogP contribution is 2.50. The Morgan fingerprint density at radius 3 is 2.65 bits per heavy atom. The molecule has 0 saturated carbocycles. The van der Waals surface area contributed by atoms with Crippen LogP contribution in [0, 0.1) is 5.92 Å². The fraction of sp³-hybridized carbons (Fsp3) is 0.318. The lowest BCUT2D eigenvalue weighted by Crippen LogP contribution is -2.29. The lowest BCUT2D eigenvalue weighted by Gasteiger charge is -2.38. The number of hydrogen-bond donors (Lipinski definition) is 1. The first-order chi connectivity index (χ1) is 12.6. The maximum absolute atomic E-state index is 11.7. The van der Waals surface area contributed by atoms with Crippen molar-refractivity contribution in [2.45, 2.75) is 30.2 Å². The van der Waals surface area contributed by atoms with Crippen LogP contribution in [0.3, 0.4) is 0 Å². The highest BCUT2D eigenvalue weighted by molar-refractivity contribution is 7.98. The minimum absolute atomic E-state index is 0.0546. The van der Waals surface area contributed by atoms with Crippen LogP contribution in [0.25, 0.3) is 0 Å². The second-order valence-corrected chi connectivity index (χ2v) is 7.98. The fourth-order valence-electron chi connectivity index (χ4n) is 4.11. The van der Waals surface area contributed by atoms with Gasteiger partial charge in [-0.3, -0.25) is 4.79 Å². The van der Waals surface area contributed by atoms with E-state index < -0.39 is 0 Å². The third-order valence-electron chi connectivity index (χ3n) is 5.68. The maximum atomic E-state index is 11.7. The zero-order valence-corrected chi connectivity index (χ0v) is 16.2. The summed E-state index contributed by atoms with van der Waals surface area (Å²) in [4.78, 5) is 14.7. The topological polar surface area (TPSA) is 32.3 Å². The zero-order chi connectivity index (χ0) is 18.3. The predicted octanol–water partition coefficient (Wildman–Crippen LogP) is 5.22. The quantitative estimate of drug-likeness (QED) is 0.599. The number of carbonyl (C=O) groups excluding carboxylic acids is 1. The lowest BCUT2D eigenvalue weighted by molar-refractivity contribution is -0.116. The van der Waals surface area contributed by atoms with Crippen LogP contribution in [0.5, 0.6) is 0 Å². The molecular weight excluding hydrogens is 340 g/mol. The lowest BCUT2D eigenvalue weighted by atomic mass is 9.77. The van der Waals surface area contributed by atoms with Gasteiger partial charge in [0, 0.05) is 36.2 Å². The summed E-state index contributed by atoms with van der Waals surface area (Å²) in [5, 5.41) is 3.77. The molecule has 0 aromatic heterocycles. The molecule has 26 heavy (non-hydrogen) atoms. The number of nitrogens with zero attached hydrogens (tertiary/aromatic N) is 1. The molecule has 1 amide bonds. The van der Waals surface area contributed by atoms with Gasteiger partial charge in [0.1, 0.15) is 0 Å². The molecule has 1 heterocycles. The van der Waals surface area contributed by atoms with Crippen LogP contribution in [-0.4, -0.2) is 19.2 Å². The molecular formula is C22H24N2OS. The van der Waals surface area contributed by atoms with Crippen molar-refractivity contribution in [3.8, 4) is 0 Å². The highest BCUT2D eigenvalue weighted by atomic mass is 32.2. The molecule has 4 rings (SSSR count). The minimum atomic E-state index is 0.0546. The Bertz CT molecular complexity index is 859. The van der Waals surface area contributed by atoms with Gasteiger partial charge in [-0.2, -0.15) is 0 Å². The van der Waals surface area contributed by atoms with Crippen molar-refractivity contribution in [3.05, 3.63) is 65.7 Å². The average Bonchev–Trinajstić information content (AvgIpc) is 3.16. The van der Waals surface area contributed by atoms with Gasteiger partial charge in [-0.25, -0.2) is 0 Å². The SMILES string of the molecule is CSc1ccc(C2Nc3ccc(N(C)C(C)=O)cc3C3C=CCC32)cc1. The summed E-state index contributed by atoms with van der Waals surface area (Å²) in [5.41, 5.74) is 4.78. The van der Waals surface area contributed by atoms with Gasteiger partial charge in [0.15, 0.2) is 0 Å². The maximum Gasteiger partial charge on any atom is 0.223 e. The molecule has 134 valence electrons. The van der Waals surface area contributed by atoms with Gasteiger partial charge in [-0.05, 0) is 60.1 Å². The Morgan fingerprint density at radius 2 is 1.96 bits per heavy atom. The number of fused-ring (bicyclic) bond motifs is 3. The third-order valence-corrected chi connectivity index (χ3v) is 6.42. The van der Waals surface area contributed by atoms with E-state index in [1.807, 2.05) is 13.1 Å². The standard InChI is InChI=1S/C22H24N2OS/c1-14(25)24(2)16-9-12-21-20(13-16)18-5-4-6-19(18)22(23-21)15-7-10-17(26-3)11-8-15/h4-5,7-13,18-19,22-23H,6H2,1-3H3. The molecule has 0 saturated heterocycles. The van der Waals surface area contributed by atoms with E-state index in [1.165, 1.54) is 21.7 Å². The Labute approximate surface area is 159 Å². The molecule has 3 atom stereocenters. The van der Waals surface area contributed by atoms with E-state index in [4.69, 9.17) is 0 Å².